The quantitative estimate of drug-likeness (QED) is 0.473. The number of anilines is 3. The largest absolute Gasteiger partial charge is 0.375 e. The summed E-state index contributed by atoms with van der Waals surface area (Å²) in [7, 11) is 1.84. The first-order valence-corrected chi connectivity index (χ1v) is 11.7. The van der Waals surface area contributed by atoms with Crippen molar-refractivity contribution in [2.45, 2.75) is 25.9 Å². The Labute approximate surface area is 197 Å². The Kier molecular flexibility index (Phi) is 5.06. The molecule has 0 radical (unpaired) electrons. The first kappa shape index (κ1) is 20.9. The molecule has 174 valence electrons. The fraction of sp³-hybridized carbons (Fsp3) is 0.360. The van der Waals surface area contributed by atoms with Crippen LogP contribution in [-0.4, -0.2) is 58.1 Å². The lowest BCUT2D eigenvalue weighted by Gasteiger charge is -2.32. The fourth-order valence-corrected chi connectivity index (χ4v) is 4.53. The molecule has 5 heterocycles. The van der Waals surface area contributed by atoms with Gasteiger partial charge in [0.25, 0.3) is 0 Å². The van der Waals surface area contributed by atoms with Crippen LogP contribution in [0.4, 0.5) is 17.3 Å². The zero-order chi connectivity index (χ0) is 23.2. The van der Waals surface area contributed by atoms with Gasteiger partial charge in [0.2, 0.25) is 5.91 Å². The normalized spacial score (nSPS) is 18.4. The predicted molar refractivity (Wildman–Crippen MR) is 132 cm³/mol. The number of pyridine rings is 3. The summed E-state index contributed by atoms with van der Waals surface area (Å²) < 4.78 is 7.74. The van der Waals surface area contributed by atoms with Gasteiger partial charge in [-0.15, -0.1) is 0 Å². The maximum Gasteiger partial charge on any atom is 0.228 e. The van der Waals surface area contributed by atoms with E-state index in [2.05, 4.69) is 49.1 Å². The van der Waals surface area contributed by atoms with Crippen molar-refractivity contribution >= 4 is 39.6 Å². The molecule has 4 aromatic heterocycles. The second-order valence-electron chi connectivity index (χ2n) is 9.06. The third kappa shape index (κ3) is 3.81. The van der Waals surface area contributed by atoms with Crippen LogP contribution in [0.25, 0.3) is 27.7 Å². The Morgan fingerprint density at radius 2 is 2.03 bits per heavy atom. The van der Waals surface area contributed by atoms with Crippen LogP contribution in [0.15, 0.2) is 43.0 Å². The second-order valence-corrected chi connectivity index (χ2v) is 9.06. The molecule has 6 rings (SSSR count). The number of hydrogen-bond donors (Lipinski definition) is 2. The van der Waals surface area contributed by atoms with E-state index >= 15 is 0 Å². The zero-order valence-electron chi connectivity index (χ0n) is 19.3. The molecule has 1 amide bonds. The first-order chi connectivity index (χ1) is 16.6. The number of nitrogens with one attached hydrogen (secondary N) is 2. The topological polar surface area (TPSA) is 96.7 Å². The molecule has 9 nitrogen and oxygen atoms in total. The fourth-order valence-electron chi connectivity index (χ4n) is 4.53. The van der Waals surface area contributed by atoms with Crippen LogP contribution in [0.1, 0.15) is 19.8 Å². The standard InChI is InChI=1S/C25H27N7O2/c1-15-12-31(7-8-34-15)17-5-6-23-29-21(14-32(23)13-17)19-10-28-24(26-2)20-11-27-22(9-18(19)20)30-25(33)16-3-4-16/h5-6,9-11,13-16H,3-4,7-8,12H2,1-2H3,(H,26,28)(H,27,30,33)/t15-/m1/s1. The van der Waals surface area contributed by atoms with E-state index in [1.165, 1.54) is 0 Å². The van der Waals surface area contributed by atoms with Crippen LogP contribution in [-0.2, 0) is 9.53 Å². The number of nitrogens with zero attached hydrogens (tertiary/aromatic N) is 5. The Balaban J connectivity index is 1.40. The van der Waals surface area contributed by atoms with Gasteiger partial charge in [-0.25, -0.2) is 15.0 Å². The summed E-state index contributed by atoms with van der Waals surface area (Å²) in [4.78, 5) is 28.5. The maximum atomic E-state index is 12.3. The van der Waals surface area contributed by atoms with E-state index in [1.54, 1.807) is 6.20 Å². The van der Waals surface area contributed by atoms with Crippen LogP contribution < -0.4 is 15.5 Å². The second kappa shape index (κ2) is 8.25. The number of imidazole rings is 1. The van der Waals surface area contributed by atoms with E-state index in [0.29, 0.717) is 5.82 Å². The van der Waals surface area contributed by atoms with Crippen LogP contribution in [0, 0.1) is 5.92 Å². The predicted octanol–water partition coefficient (Wildman–Crippen LogP) is 3.56. The van der Waals surface area contributed by atoms with Gasteiger partial charge < -0.3 is 24.7 Å². The number of amides is 1. The molecule has 2 N–H and O–H groups in total. The third-order valence-electron chi connectivity index (χ3n) is 6.53. The first-order valence-electron chi connectivity index (χ1n) is 11.7. The van der Waals surface area contributed by atoms with Crippen LogP contribution in [0.2, 0.25) is 0 Å². The van der Waals surface area contributed by atoms with Crippen molar-refractivity contribution in [3.8, 4) is 11.3 Å². The minimum absolute atomic E-state index is 0.0361. The van der Waals surface area contributed by atoms with Gasteiger partial charge in [0.05, 0.1) is 24.1 Å². The lowest BCUT2D eigenvalue weighted by atomic mass is 10.1. The SMILES string of the molecule is CNc1ncc(-c2cn3cc(N4CCO[C@H](C)C4)ccc3n2)c2cc(NC(=O)C3CC3)ncc12. The van der Waals surface area contributed by atoms with Crippen LogP contribution in [0.5, 0.6) is 0 Å². The summed E-state index contributed by atoms with van der Waals surface area (Å²) in [6.07, 6.45) is 9.84. The molecule has 1 saturated carbocycles. The molecule has 0 unspecified atom stereocenters. The molecule has 0 bridgehead atoms. The van der Waals surface area contributed by atoms with Gasteiger partial charge in [0.1, 0.15) is 17.3 Å². The molecular weight excluding hydrogens is 430 g/mol. The van der Waals surface area contributed by atoms with Crippen molar-refractivity contribution < 1.29 is 9.53 Å². The minimum Gasteiger partial charge on any atom is -0.375 e. The number of fused-ring (bicyclic) bond motifs is 2. The van der Waals surface area contributed by atoms with E-state index in [9.17, 15) is 4.79 Å². The molecule has 1 aliphatic carbocycles. The van der Waals surface area contributed by atoms with Gasteiger partial charge in [-0.05, 0) is 38.0 Å². The van der Waals surface area contributed by atoms with E-state index in [0.717, 1.165) is 71.7 Å². The van der Waals surface area contributed by atoms with E-state index in [1.807, 2.05) is 31.6 Å². The number of carbonyl (C=O) groups is 1. The van der Waals surface area contributed by atoms with Crippen molar-refractivity contribution in [3.05, 3.63) is 43.0 Å². The third-order valence-corrected chi connectivity index (χ3v) is 6.53. The molecule has 9 heteroatoms. The molecule has 2 aliphatic rings. The highest BCUT2D eigenvalue weighted by molar-refractivity contribution is 6.03. The van der Waals surface area contributed by atoms with E-state index < -0.39 is 0 Å². The van der Waals surface area contributed by atoms with Crippen LogP contribution in [0.3, 0.4) is 0 Å². The highest BCUT2D eigenvalue weighted by atomic mass is 16.5. The summed E-state index contributed by atoms with van der Waals surface area (Å²) in [5, 5.41) is 7.90. The summed E-state index contributed by atoms with van der Waals surface area (Å²) in [6.45, 7) is 4.58. The van der Waals surface area contributed by atoms with Gasteiger partial charge in [0, 0.05) is 67.2 Å². The van der Waals surface area contributed by atoms with Crippen molar-refractivity contribution in [1.82, 2.24) is 19.4 Å². The number of morpholine rings is 1. The molecule has 34 heavy (non-hydrogen) atoms. The molecule has 0 aromatic carbocycles. The van der Waals surface area contributed by atoms with Gasteiger partial charge in [0.15, 0.2) is 0 Å². The average molecular weight is 458 g/mol. The highest BCUT2D eigenvalue weighted by Crippen LogP contribution is 2.34. The Bertz CT molecular complexity index is 1400. The molecular formula is C25H27N7O2. The number of hydrogen-bond acceptors (Lipinski definition) is 7. The Morgan fingerprint density at radius 3 is 2.82 bits per heavy atom. The van der Waals surface area contributed by atoms with Gasteiger partial charge in [-0.3, -0.25) is 4.79 Å². The number of aromatic nitrogens is 4. The summed E-state index contributed by atoms with van der Waals surface area (Å²) >= 11 is 0. The Morgan fingerprint density at radius 1 is 1.15 bits per heavy atom. The molecule has 1 aliphatic heterocycles. The molecule has 1 saturated heterocycles. The lowest BCUT2D eigenvalue weighted by molar-refractivity contribution is -0.117. The monoisotopic (exact) mass is 457 g/mol. The van der Waals surface area contributed by atoms with E-state index in [4.69, 9.17) is 9.72 Å². The highest BCUT2D eigenvalue weighted by Gasteiger charge is 2.30. The minimum atomic E-state index is 0.0361. The number of rotatable bonds is 5. The van der Waals surface area contributed by atoms with Gasteiger partial charge in [-0.1, -0.05) is 0 Å². The van der Waals surface area contributed by atoms with Crippen molar-refractivity contribution in [1.29, 1.82) is 0 Å². The zero-order valence-corrected chi connectivity index (χ0v) is 19.3. The summed E-state index contributed by atoms with van der Waals surface area (Å²) in [5.74, 6) is 1.43. The molecule has 2 fully saturated rings. The Hall–Kier alpha value is -3.72. The summed E-state index contributed by atoms with van der Waals surface area (Å²) in [6, 6.07) is 6.07. The number of carbonyl (C=O) groups excluding carboxylic acids is 1. The van der Waals surface area contributed by atoms with Crippen LogP contribution >= 0.6 is 0 Å². The molecule has 4 aromatic rings. The average Bonchev–Trinajstić information content (AvgIpc) is 3.62. The number of ether oxygens (including phenoxy) is 1. The smallest absolute Gasteiger partial charge is 0.228 e. The molecule has 1 atom stereocenters. The van der Waals surface area contributed by atoms with Gasteiger partial charge in [-0.2, -0.15) is 0 Å². The van der Waals surface area contributed by atoms with E-state index in [-0.39, 0.29) is 17.9 Å². The summed E-state index contributed by atoms with van der Waals surface area (Å²) in [5.41, 5.74) is 3.72. The van der Waals surface area contributed by atoms with Gasteiger partial charge >= 0.3 is 0 Å². The van der Waals surface area contributed by atoms with Crippen molar-refractivity contribution in [2.75, 3.05) is 42.3 Å². The van der Waals surface area contributed by atoms with Crippen molar-refractivity contribution in [3.63, 3.8) is 0 Å². The van der Waals surface area contributed by atoms with Crippen molar-refractivity contribution in [2.24, 2.45) is 5.92 Å². The molecule has 0 spiro atoms. The maximum absolute atomic E-state index is 12.3. The lowest BCUT2D eigenvalue weighted by Crippen LogP contribution is -2.41.